The summed E-state index contributed by atoms with van der Waals surface area (Å²) in [4.78, 5) is 19.6. The molecule has 4 aliphatic rings. The van der Waals surface area contributed by atoms with Crippen LogP contribution in [0.1, 0.15) is 19.3 Å². The van der Waals surface area contributed by atoms with Gasteiger partial charge in [-0.2, -0.15) is 0 Å². The largest absolute Gasteiger partial charge is 0.481 e. The summed E-state index contributed by atoms with van der Waals surface area (Å²) in [6, 6.07) is 0.224. The van der Waals surface area contributed by atoms with E-state index in [0.29, 0.717) is 11.8 Å². The Morgan fingerprint density at radius 2 is 2.27 bits per heavy atom. The smallest absolute Gasteiger partial charge is 0.309 e. The fraction of sp³-hybridized carbons (Fsp3) is 0.727. The second-order valence-corrected chi connectivity index (χ2v) is 4.94. The number of hydrogen-bond acceptors (Lipinski definition) is 3. The Morgan fingerprint density at radius 3 is 2.73 bits per heavy atom. The van der Waals surface area contributed by atoms with Gasteiger partial charge in [-0.05, 0) is 31.1 Å². The summed E-state index contributed by atoms with van der Waals surface area (Å²) in [6.07, 6.45) is 6.14. The van der Waals surface area contributed by atoms with Crippen LogP contribution >= 0.6 is 0 Å². The molecule has 0 aromatic heterocycles. The van der Waals surface area contributed by atoms with E-state index in [1.807, 2.05) is 0 Å². The van der Waals surface area contributed by atoms with Crippen LogP contribution in [0.2, 0.25) is 0 Å². The molecule has 2 atom stereocenters. The molecule has 4 heteroatoms. The average molecular weight is 206 g/mol. The third-order valence-electron chi connectivity index (χ3n) is 4.27. The lowest BCUT2D eigenvalue weighted by atomic mass is 9.36. The van der Waals surface area contributed by atoms with E-state index in [1.165, 1.54) is 0 Å². The maximum Gasteiger partial charge on any atom is 0.309 e. The van der Waals surface area contributed by atoms with Crippen molar-refractivity contribution < 1.29 is 9.90 Å². The Kier molecular flexibility index (Phi) is 1.75. The third kappa shape index (κ3) is 1.10. The zero-order valence-corrected chi connectivity index (χ0v) is 8.47. The highest BCUT2D eigenvalue weighted by Crippen LogP contribution is 2.70. The molecular weight excluding hydrogens is 192 g/mol. The summed E-state index contributed by atoms with van der Waals surface area (Å²) < 4.78 is 0. The lowest BCUT2D eigenvalue weighted by molar-refractivity contribution is -0.218. The van der Waals surface area contributed by atoms with Crippen LogP contribution in [0.5, 0.6) is 0 Å². The molecule has 3 aliphatic carbocycles. The van der Waals surface area contributed by atoms with Gasteiger partial charge in [-0.25, -0.2) is 0 Å². The fourth-order valence-electron chi connectivity index (χ4n) is 3.21. The first-order valence-corrected chi connectivity index (χ1v) is 5.47. The van der Waals surface area contributed by atoms with Crippen LogP contribution < -0.4 is 0 Å². The van der Waals surface area contributed by atoms with Crippen molar-refractivity contribution in [3.8, 4) is 0 Å². The summed E-state index contributed by atoms with van der Waals surface area (Å²) in [5, 5.41) is 9.16. The molecule has 2 bridgehead atoms. The topological polar surface area (TPSA) is 62.0 Å². The van der Waals surface area contributed by atoms with Crippen LogP contribution in [0, 0.1) is 17.3 Å². The molecule has 0 spiro atoms. The highest BCUT2D eigenvalue weighted by atomic mass is 16.4. The average Bonchev–Trinajstić information content (AvgIpc) is 2.13. The van der Waals surface area contributed by atoms with E-state index < -0.39 is 5.97 Å². The first-order valence-electron chi connectivity index (χ1n) is 5.47. The predicted octanol–water partition coefficient (Wildman–Crippen LogP) is 1.01. The molecule has 0 amide bonds. The van der Waals surface area contributed by atoms with E-state index in [-0.39, 0.29) is 11.5 Å². The van der Waals surface area contributed by atoms with Gasteiger partial charge in [-0.15, -0.1) is 0 Å². The number of rotatable bonds is 3. The molecular formula is C11H14N2O2. The summed E-state index contributed by atoms with van der Waals surface area (Å²) >= 11 is 0. The maximum atomic E-state index is 11.1. The van der Waals surface area contributed by atoms with E-state index in [0.717, 1.165) is 25.8 Å². The van der Waals surface area contributed by atoms with Gasteiger partial charge in [0.25, 0.3) is 0 Å². The van der Waals surface area contributed by atoms with Crippen molar-refractivity contribution in [3.63, 3.8) is 0 Å². The first-order chi connectivity index (χ1) is 7.22. The molecule has 4 rings (SSSR count). The van der Waals surface area contributed by atoms with Gasteiger partial charge < -0.3 is 5.11 Å². The Hall–Kier alpha value is -1.19. The van der Waals surface area contributed by atoms with Crippen molar-refractivity contribution >= 4 is 18.4 Å². The van der Waals surface area contributed by atoms with Crippen molar-refractivity contribution in [1.29, 1.82) is 0 Å². The fourth-order valence-corrected chi connectivity index (χ4v) is 3.21. The molecule has 2 unspecified atom stereocenters. The first kappa shape index (κ1) is 9.07. The van der Waals surface area contributed by atoms with E-state index >= 15 is 0 Å². The van der Waals surface area contributed by atoms with Crippen LogP contribution in [0.3, 0.4) is 0 Å². The van der Waals surface area contributed by atoms with Crippen LogP contribution in [-0.2, 0) is 4.79 Å². The van der Waals surface area contributed by atoms with E-state index in [4.69, 9.17) is 5.11 Å². The number of carboxylic acids is 1. The van der Waals surface area contributed by atoms with E-state index in [9.17, 15) is 4.79 Å². The number of carboxylic acid groups (broad SMARTS) is 1. The molecule has 1 aliphatic heterocycles. The number of nitrogens with zero attached hydrogens (tertiary/aromatic N) is 2. The standard InChI is InChI=1S/C11H14N2O2/c14-10(15)11-4-7(5-11)9(11)3-8-6-12-1-2-13-8/h1-2,7-9H,3-6H2,(H,14,15). The molecule has 3 fully saturated rings. The molecule has 0 saturated heterocycles. The predicted molar refractivity (Wildman–Crippen MR) is 56.5 cm³/mol. The Bertz CT molecular complexity index is 356. The maximum absolute atomic E-state index is 11.1. The van der Waals surface area contributed by atoms with Crippen molar-refractivity contribution in [2.75, 3.05) is 6.54 Å². The number of aliphatic carboxylic acids is 1. The van der Waals surface area contributed by atoms with Crippen molar-refractivity contribution in [2.24, 2.45) is 27.2 Å². The van der Waals surface area contributed by atoms with Gasteiger partial charge in [0, 0.05) is 12.4 Å². The van der Waals surface area contributed by atoms with Gasteiger partial charge in [0.15, 0.2) is 0 Å². The van der Waals surface area contributed by atoms with Crippen LogP contribution in [0.4, 0.5) is 0 Å². The number of hydrogen-bond donors (Lipinski definition) is 1. The van der Waals surface area contributed by atoms with Gasteiger partial charge in [0.05, 0.1) is 18.0 Å². The van der Waals surface area contributed by atoms with Gasteiger partial charge in [0.2, 0.25) is 0 Å². The van der Waals surface area contributed by atoms with Crippen molar-refractivity contribution in [1.82, 2.24) is 0 Å². The summed E-state index contributed by atoms with van der Waals surface area (Å²) in [7, 11) is 0. The normalized spacial score (nSPS) is 45.7. The number of carbonyl (C=O) groups is 1. The van der Waals surface area contributed by atoms with Gasteiger partial charge in [-0.3, -0.25) is 14.8 Å². The minimum Gasteiger partial charge on any atom is -0.481 e. The molecule has 4 nitrogen and oxygen atoms in total. The Balaban J connectivity index is 1.64. The quantitative estimate of drug-likeness (QED) is 0.749. The lowest BCUT2D eigenvalue weighted by Crippen LogP contribution is -2.66. The molecule has 0 radical (unpaired) electrons. The molecule has 1 N–H and O–H groups in total. The van der Waals surface area contributed by atoms with E-state index in [1.54, 1.807) is 12.4 Å². The zero-order chi connectivity index (χ0) is 10.5. The van der Waals surface area contributed by atoms with E-state index in [2.05, 4.69) is 9.98 Å². The molecule has 15 heavy (non-hydrogen) atoms. The molecule has 1 heterocycles. The molecule has 3 saturated carbocycles. The minimum atomic E-state index is -0.599. The second kappa shape index (κ2) is 2.90. The van der Waals surface area contributed by atoms with Gasteiger partial charge >= 0.3 is 5.97 Å². The summed E-state index contributed by atoms with van der Waals surface area (Å²) in [5.41, 5.74) is -0.374. The molecule has 0 aromatic carbocycles. The van der Waals surface area contributed by atoms with Crippen molar-refractivity contribution in [3.05, 3.63) is 0 Å². The van der Waals surface area contributed by atoms with Crippen LogP contribution in [0.15, 0.2) is 9.98 Å². The van der Waals surface area contributed by atoms with Crippen molar-refractivity contribution in [2.45, 2.75) is 25.3 Å². The monoisotopic (exact) mass is 206 g/mol. The summed E-state index contributed by atoms with van der Waals surface area (Å²) in [6.45, 7) is 0.732. The van der Waals surface area contributed by atoms with Crippen LogP contribution in [-0.4, -0.2) is 36.1 Å². The van der Waals surface area contributed by atoms with Crippen LogP contribution in [0.25, 0.3) is 0 Å². The second-order valence-electron chi connectivity index (χ2n) is 4.94. The Morgan fingerprint density at radius 1 is 1.47 bits per heavy atom. The highest BCUT2D eigenvalue weighted by Gasteiger charge is 2.69. The third-order valence-corrected chi connectivity index (χ3v) is 4.27. The van der Waals surface area contributed by atoms with Gasteiger partial charge in [-0.1, -0.05) is 0 Å². The number of aliphatic imine (C=N–C) groups is 2. The minimum absolute atomic E-state index is 0.224. The highest BCUT2D eigenvalue weighted by molar-refractivity contribution is 6.16. The molecule has 0 aromatic rings. The molecule has 80 valence electrons. The zero-order valence-electron chi connectivity index (χ0n) is 8.47. The van der Waals surface area contributed by atoms with Gasteiger partial charge in [0.1, 0.15) is 0 Å². The SMILES string of the molecule is O=C(O)C12CC(C1)C2CC1CN=CC=N1. The summed E-state index contributed by atoms with van der Waals surface area (Å²) in [5.74, 6) is 0.422. The lowest BCUT2D eigenvalue weighted by Gasteiger charge is -2.66. The Labute approximate surface area is 88.1 Å².